The van der Waals surface area contributed by atoms with Crippen molar-refractivity contribution < 1.29 is 0 Å². The molecule has 0 radical (unpaired) electrons. The molecular formula is C18H20N6. The number of hydrogen-bond donors (Lipinski definition) is 1. The Morgan fingerprint density at radius 1 is 1.04 bits per heavy atom. The van der Waals surface area contributed by atoms with Gasteiger partial charge in [0.1, 0.15) is 5.82 Å². The van der Waals surface area contributed by atoms with Gasteiger partial charge in [-0.15, -0.1) is 0 Å². The van der Waals surface area contributed by atoms with E-state index >= 15 is 0 Å². The number of rotatable bonds is 3. The van der Waals surface area contributed by atoms with Gasteiger partial charge in [-0.25, -0.2) is 9.97 Å². The third-order valence-electron chi connectivity index (χ3n) is 4.25. The van der Waals surface area contributed by atoms with Gasteiger partial charge in [-0.1, -0.05) is 0 Å². The minimum Gasteiger partial charge on any atom is -0.354 e. The Kier molecular flexibility index (Phi) is 3.96. The van der Waals surface area contributed by atoms with Gasteiger partial charge in [-0.3, -0.25) is 4.98 Å². The fourth-order valence-corrected chi connectivity index (χ4v) is 2.95. The van der Waals surface area contributed by atoms with Crippen LogP contribution < -0.4 is 10.2 Å². The lowest BCUT2D eigenvalue weighted by Gasteiger charge is -2.28. The van der Waals surface area contributed by atoms with Crippen LogP contribution in [-0.2, 0) is 0 Å². The molecule has 1 saturated heterocycles. The van der Waals surface area contributed by atoms with E-state index < -0.39 is 0 Å². The molecule has 3 aromatic rings. The molecule has 0 amide bonds. The zero-order valence-corrected chi connectivity index (χ0v) is 13.7. The van der Waals surface area contributed by atoms with Crippen molar-refractivity contribution in [3.8, 4) is 16.8 Å². The average Bonchev–Trinajstić information content (AvgIpc) is 3.09. The van der Waals surface area contributed by atoms with Crippen molar-refractivity contribution in [2.45, 2.75) is 6.92 Å². The fraction of sp³-hybridized carbons (Fsp3) is 0.278. The number of nitrogens with zero attached hydrogens (tertiary/aromatic N) is 5. The fourth-order valence-electron chi connectivity index (χ4n) is 2.95. The Morgan fingerprint density at radius 3 is 2.71 bits per heavy atom. The van der Waals surface area contributed by atoms with Gasteiger partial charge in [0.25, 0.3) is 0 Å². The quantitative estimate of drug-likeness (QED) is 0.800. The number of imidazole rings is 1. The summed E-state index contributed by atoms with van der Waals surface area (Å²) in [6.07, 6.45) is 9.43. The lowest BCUT2D eigenvalue weighted by atomic mass is 10.1. The van der Waals surface area contributed by atoms with E-state index in [2.05, 4.69) is 37.3 Å². The summed E-state index contributed by atoms with van der Waals surface area (Å²) in [4.78, 5) is 15.5. The van der Waals surface area contributed by atoms with Crippen molar-refractivity contribution in [3.05, 3.63) is 55.0 Å². The van der Waals surface area contributed by atoms with Gasteiger partial charge in [0, 0.05) is 50.3 Å². The smallest absolute Gasteiger partial charge is 0.129 e. The molecule has 24 heavy (non-hydrogen) atoms. The predicted molar refractivity (Wildman–Crippen MR) is 94.4 cm³/mol. The Labute approximate surface area is 141 Å². The minimum atomic E-state index is 0.989. The zero-order chi connectivity index (χ0) is 16.4. The van der Waals surface area contributed by atoms with Crippen molar-refractivity contribution in [2.24, 2.45) is 0 Å². The first-order valence-electron chi connectivity index (χ1n) is 8.18. The Hall–Kier alpha value is -2.73. The van der Waals surface area contributed by atoms with Crippen LogP contribution in [0.5, 0.6) is 0 Å². The van der Waals surface area contributed by atoms with E-state index in [4.69, 9.17) is 0 Å². The summed E-state index contributed by atoms with van der Waals surface area (Å²) < 4.78 is 1.99. The lowest BCUT2D eigenvalue weighted by molar-refractivity contribution is 0.585. The normalized spacial score (nSPS) is 14.8. The van der Waals surface area contributed by atoms with Crippen LogP contribution in [0.3, 0.4) is 0 Å². The highest BCUT2D eigenvalue weighted by molar-refractivity contribution is 5.67. The van der Waals surface area contributed by atoms with Crippen LogP contribution in [0.25, 0.3) is 16.8 Å². The van der Waals surface area contributed by atoms with E-state index in [0.29, 0.717) is 0 Å². The molecule has 6 nitrogen and oxygen atoms in total. The first-order valence-corrected chi connectivity index (χ1v) is 8.18. The maximum absolute atomic E-state index is 4.54. The van der Waals surface area contributed by atoms with E-state index in [1.807, 2.05) is 48.7 Å². The van der Waals surface area contributed by atoms with Crippen LogP contribution in [0.1, 0.15) is 5.69 Å². The van der Waals surface area contributed by atoms with Crippen molar-refractivity contribution in [3.63, 3.8) is 0 Å². The first-order chi connectivity index (χ1) is 11.8. The first kappa shape index (κ1) is 14.8. The second kappa shape index (κ2) is 6.41. The van der Waals surface area contributed by atoms with E-state index in [-0.39, 0.29) is 0 Å². The SMILES string of the molecule is Cc1cn(-c2cncc(-c3ccnc(N4CCNCC4)c3)c2)cn1. The van der Waals surface area contributed by atoms with Crippen LogP contribution in [0.15, 0.2) is 49.3 Å². The van der Waals surface area contributed by atoms with Gasteiger partial charge in [0.2, 0.25) is 0 Å². The van der Waals surface area contributed by atoms with Crippen molar-refractivity contribution >= 4 is 5.82 Å². The molecule has 1 aliphatic heterocycles. The molecular weight excluding hydrogens is 300 g/mol. The number of nitrogens with one attached hydrogen (secondary N) is 1. The van der Waals surface area contributed by atoms with Gasteiger partial charge in [0.05, 0.1) is 23.9 Å². The summed E-state index contributed by atoms with van der Waals surface area (Å²) in [5.41, 5.74) is 4.21. The summed E-state index contributed by atoms with van der Waals surface area (Å²) in [6, 6.07) is 6.31. The van der Waals surface area contributed by atoms with Crippen LogP contribution in [-0.4, -0.2) is 45.7 Å². The van der Waals surface area contributed by atoms with Gasteiger partial charge >= 0.3 is 0 Å². The second-order valence-corrected chi connectivity index (χ2v) is 5.99. The van der Waals surface area contributed by atoms with Gasteiger partial charge in [0.15, 0.2) is 0 Å². The summed E-state index contributed by atoms with van der Waals surface area (Å²) in [5.74, 6) is 1.03. The standard InChI is InChI=1S/C18H20N6/c1-14-12-24(13-22-14)17-8-16(10-20-11-17)15-2-3-21-18(9-15)23-6-4-19-5-7-23/h2-3,8-13,19H,4-7H2,1H3. The molecule has 6 heteroatoms. The van der Waals surface area contributed by atoms with Crippen LogP contribution >= 0.6 is 0 Å². The van der Waals surface area contributed by atoms with E-state index in [1.165, 1.54) is 0 Å². The summed E-state index contributed by atoms with van der Waals surface area (Å²) >= 11 is 0. The zero-order valence-electron chi connectivity index (χ0n) is 13.7. The molecule has 122 valence electrons. The van der Waals surface area contributed by atoms with Crippen LogP contribution in [0.4, 0.5) is 5.82 Å². The molecule has 1 fully saturated rings. The van der Waals surface area contributed by atoms with Gasteiger partial charge < -0.3 is 14.8 Å². The maximum atomic E-state index is 4.54. The monoisotopic (exact) mass is 320 g/mol. The highest BCUT2D eigenvalue weighted by Crippen LogP contribution is 2.24. The van der Waals surface area contributed by atoms with E-state index in [1.54, 1.807) is 0 Å². The number of pyridine rings is 2. The predicted octanol–water partition coefficient (Wildman–Crippen LogP) is 2.05. The largest absolute Gasteiger partial charge is 0.354 e. The molecule has 0 spiro atoms. The lowest BCUT2D eigenvalue weighted by Crippen LogP contribution is -2.43. The third kappa shape index (κ3) is 3.00. The summed E-state index contributed by atoms with van der Waals surface area (Å²) in [7, 11) is 0. The summed E-state index contributed by atoms with van der Waals surface area (Å²) in [6.45, 7) is 5.97. The molecule has 0 unspecified atom stereocenters. The second-order valence-electron chi connectivity index (χ2n) is 5.99. The molecule has 1 N–H and O–H groups in total. The highest BCUT2D eigenvalue weighted by Gasteiger charge is 2.12. The third-order valence-corrected chi connectivity index (χ3v) is 4.25. The number of piperazine rings is 1. The molecule has 0 atom stereocenters. The van der Waals surface area contributed by atoms with Gasteiger partial charge in [-0.05, 0) is 30.7 Å². The Morgan fingerprint density at radius 2 is 1.92 bits per heavy atom. The van der Waals surface area contributed by atoms with Crippen molar-refractivity contribution in [1.82, 2.24) is 24.8 Å². The number of anilines is 1. The highest BCUT2D eigenvalue weighted by atomic mass is 15.2. The molecule has 0 aromatic carbocycles. The van der Waals surface area contributed by atoms with Crippen LogP contribution in [0, 0.1) is 6.92 Å². The molecule has 0 aliphatic carbocycles. The van der Waals surface area contributed by atoms with E-state index in [0.717, 1.165) is 54.5 Å². The topological polar surface area (TPSA) is 58.9 Å². The number of aromatic nitrogens is 4. The molecule has 3 aromatic heterocycles. The number of hydrogen-bond acceptors (Lipinski definition) is 5. The molecule has 4 heterocycles. The molecule has 0 bridgehead atoms. The summed E-state index contributed by atoms with van der Waals surface area (Å²) in [5, 5.41) is 3.37. The van der Waals surface area contributed by atoms with Crippen LogP contribution in [0.2, 0.25) is 0 Å². The maximum Gasteiger partial charge on any atom is 0.129 e. The average molecular weight is 320 g/mol. The Bertz CT molecular complexity index is 835. The molecule has 1 aliphatic rings. The van der Waals surface area contributed by atoms with Crippen molar-refractivity contribution in [1.29, 1.82) is 0 Å². The minimum absolute atomic E-state index is 0.989. The number of aryl methyl sites for hydroxylation is 1. The van der Waals surface area contributed by atoms with Crippen molar-refractivity contribution in [2.75, 3.05) is 31.1 Å². The molecule has 4 rings (SSSR count). The van der Waals surface area contributed by atoms with Gasteiger partial charge in [-0.2, -0.15) is 0 Å². The molecule has 0 saturated carbocycles. The van der Waals surface area contributed by atoms with E-state index in [9.17, 15) is 0 Å². The Balaban J connectivity index is 1.66.